The smallest absolute Gasteiger partial charge is 0.266 e. The number of aromatic nitrogens is 4. The first-order valence-corrected chi connectivity index (χ1v) is 9.46. The van der Waals surface area contributed by atoms with E-state index >= 15 is 0 Å². The average molecular weight is 431 g/mol. The first kappa shape index (κ1) is 20.7. The van der Waals surface area contributed by atoms with Crippen molar-refractivity contribution in [3.05, 3.63) is 53.1 Å². The van der Waals surface area contributed by atoms with Crippen molar-refractivity contribution in [3.63, 3.8) is 0 Å². The number of ether oxygens (including phenoxy) is 2. The van der Waals surface area contributed by atoms with Gasteiger partial charge in [0.05, 0.1) is 25.8 Å². The number of halogens is 3. The Morgan fingerprint density at radius 3 is 2.29 bits per heavy atom. The fourth-order valence-corrected chi connectivity index (χ4v) is 3.52. The Balaban J connectivity index is 1.88. The van der Waals surface area contributed by atoms with Gasteiger partial charge in [-0.25, -0.2) is 13.2 Å². The number of nitrogens with one attached hydrogen (secondary N) is 1. The number of fused-ring (bicyclic) bond motifs is 3. The molecule has 10 heteroatoms. The third-order valence-electron chi connectivity index (χ3n) is 5.13. The molecule has 0 amide bonds. The third-order valence-corrected chi connectivity index (χ3v) is 5.13. The first-order valence-electron chi connectivity index (χ1n) is 9.46. The van der Waals surface area contributed by atoms with E-state index in [9.17, 15) is 13.2 Å². The van der Waals surface area contributed by atoms with E-state index in [0.717, 1.165) is 6.07 Å². The minimum atomic E-state index is -2.90. The van der Waals surface area contributed by atoms with Crippen LogP contribution in [0.25, 0.3) is 16.4 Å². The predicted octanol–water partition coefficient (Wildman–Crippen LogP) is 4.85. The van der Waals surface area contributed by atoms with Gasteiger partial charge in [0.15, 0.2) is 28.8 Å². The number of methoxy groups -OCH3 is 2. The molecule has 4 aromatic rings. The monoisotopic (exact) mass is 431 g/mol. The molecule has 1 unspecified atom stereocenters. The number of aryl methyl sites for hydroxylation is 1. The van der Waals surface area contributed by atoms with Crippen molar-refractivity contribution >= 4 is 22.2 Å². The first-order chi connectivity index (χ1) is 14.8. The summed E-state index contributed by atoms with van der Waals surface area (Å²) in [6, 6.07) is 6.78. The Labute approximate surface area is 175 Å². The van der Waals surface area contributed by atoms with Gasteiger partial charge >= 0.3 is 0 Å². The van der Waals surface area contributed by atoms with Crippen molar-refractivity contribution in [2.24, 2.45) is 0 Å². The zero-order valence-electron chi connectivity index (χ0n) is 17.3. The SMILES string of the molecule is COc1cc2c(NC(C)c3cccc(C(F)F)c3F)nn3c(C)nnc3c2cc1OC. The van der Waals surface area contributed by atoms with Crippen LogP contribution in [0.4, 0.5) is 19.0 Å². The number of anilines is 1. The molecule has 0 bridgehead atoms. The highest BCUT2D eigenvalue weighted by atomic mass is 19.3. The van der Waals surface area contributed by atoms with Crippen LogP contribution in [0.1, 0.15) is 36.3 Å². The van der Waals surface area contributed by atoms with E-state index in [1.54, 1.807) is 30.5 Å². The number of hydrogen-bond acceptors (Lipinski definition) is 6. The molecule has 0 radical (unpaired) electrons. The molecular weight excluding hydrogens is 411 g/mol. The van der Waals surface area contributed by atoms with Gasteiger partial charge in [0.25, 0.3) is 6.43 Å². The highest BCUT2D eigenvalue weighted by Gasteiger charge is 2.22. The summed E-state index contributed by atoms with van der Waals surface area (Å²) in [4.78, 5) is 0. The van der Waals surface area contributed by atoms with E-state index in [4.69, 9.17) is 9.47 Å². The molecule has 0 spiro atoms. The maximum Gasteiger partial charge on any atom is 0.266 e. The summed E-state index contributed by atoms with van der Waals surface area (Å²) in [6.45, 7) is 3.42. The van der Waals surface area contributed by atoms with Crippen LogP contribution >= 0.6 is 0 Å². The second kappa shape index (κ2) is 7.93. The molecule has 2 aromatic carbocycles. The number of alkyl halides is 2. The van der Waals surface area contributed by atoms with Crippen molar-refractivity contribution in [3.8, 4) is 11.5 Å². The largest absolute Gasteiger partial charge is 0.493 e. The molecule has 2 aromatic heterocycles. The second-order valence-electron chi connectivity index (χ2n) is 7.00. The zero-order valence-corrected chi connectivity index (χ0v) is 17.3. The number of nitrogens with zero attached hydrogens (tertiary/aromatic N) is 4. The molecule has 0 aliphatic carbocycles. The van der Waals surface area contributed by atoms with Gasteiger partial charge in [-0.05, 0) is 26.0 Å². The van der Waals surface area contributed by atoms with Crippen LogP contribution in [0.2, 0.25) is 0 Å². The topological polar surface area (TPSA) is 73.6 Å². The predicted molar refractivity (Wildman–Crippen MR) is 110 cm³/mol. The normalized spacial score (nSPS) is 12.5. The Morgan fingerprint density at radius 1 is 1.00 bits per heavy atom. The molecular formula is C21H20F3N5O2. The molecule has 162 valence electrons. The van der Waals surface area contributed by atoms with Gasteiger partial charge in [0, 0.05) is 16.3 Å². The molecule has 0 saturated carbocycles. The second-order valence-corrected chi connectivity index (χ2v) is 7.00. The lowest BCUT2D eigenvalue weighted by molar-refractivity contribution is 0.146. The van der Waals surface area contributed by atoms with E-state index in [2.05, 4.69) is 20.6 Å². The summed E-state index contributed by atoms with van der Waals surface area (Å²) in [7, 11) is 3.04. The van der Waals surface area contributed by atoms with Crippen LogP contribution in [0.5, 0.6) is 11.5 Å². The molecule has 4 rings (SSSR count). The Bertz CT molecular complexity index is 1280. The van der Waals surface area contributed by atoms with E-state index in [1.807, 2.05) is 0 Å². The van der Waals surface area contributed by atoms with E-state index in [1.165, 1.54) is 26.4 Å². The zero-order chi connectivity index (χ0) is 22.3. The molecule has 31 heavy (non-hydrogen) atoms. The lowest BCUT2D eigenvalue weighted by atomic mass is 10.0. The van der Waals surface area contributed by atoms with Crippen LogP contribution in [0, 0.1) is 12.7 Å². The molecule has 2 heterocycles. The van der Waals surface area contributed by atoms with Crippen LogP contribution in [0.3, 0.4) is 0 Å². The molecule has 0 saturated heterocycles. The molecule has 7 nitrogen and oxygen atoms in total. The summed E-state index contributed by atoms with van der Waals surface area (Å²) in [6.07, 6.45) is -2.90. The van der Waals surface area contributed by atoms with E-state index in [0.29, 0.717) is 39.6 Å². The van der Waals surface area contributed by atoms with Crippen molar-refractivity contribution in [1.82, 2.24) is 19.8 Å². The van der Waals surface area contributed by atoms with E-state index in [-0.39, 0.29) is 5.56 Å². The Kier molecular flexibility index (Phi) is 5.30. The van der Waals surface area contributed by atoms with Gasteiger partial charge in [-0.1, -0.05) is 18.2 Å². The van der Waals surface area contributed by atoms with Crippen molar-refractivity contribution in [1.29, 1.82) is 0 Å². The van der Waals surface area contributed by atoms with E-state index < -0.39 is 23.8 Å². The fourth-order valence-electron chi connectivity index (χ4n) is 3.52. The molecule has 0 fully saturated rings. The Morgan fingerprint density at radius 2 is 1.65 bits per heavy atom. The Hall–Kier alpha value is -3.56. The van der Waals surface area contributed by atoms with Gasteiger partial charge in [0.2, 0.25) is 0 Å². The summed E-state index contributed by atoms with van der Waals surface area (Å²) in [5.74, 6) is 0.967. The number of rotatable bonds is 6. The summed E-state index contributed by atoms with van der Waals surface area (Å²) in [5.41, 5.74) is -0.0215. The maximum absolute atomic E-state index is 14.7. The molecule has 0 aliphatic rings. The van der Waals surface area contributed by atoms with Gasteiger partial charge in [-0.3, -0.25) is 0 Å². The van der Waals surface area contributed by atoms with Crippen molar-refractivity contribution in [2.75, 3.05) is 19.5 Å². The molecule has 1 atom stereocenters. The van der Waals surface area contributed by atoms with Crippen LogP contribution in [-0.2, 0) is 0 Å². The van der Waals surface area contributed by atoms with Crippen molar-refractivity contribution < 1.29 is 22.6 Å². The third kappa shape index (κ3) is 3.47. The van der Waals surface area contributed by atoms with Crippen LogP contribution < -0.4 is 14.8 Å². The minimum Gasteiger partial charge on any atom is -0.493 e. The lowest BCUT2D eigenvalue weighted by Gasteiger charge is -2.19. The number of hydrogen-bond donors (Lipinski definition) is 1. The maximum atomic E-state index is 14.7. The van der Waals surface area contributed by atoms with Crippen LogP contribution in [-0.4, -0.2) is 34.0 Å². The minimum absolute atomic E-state index is 0.105. The van der Waals surface area contributed by atoms with Gasteiger partial charge in [0.1, 0.15) is 5.82 Å². The van der Waals surface area contributed by atoms with Gasteiger partial charge in [-0.2, -0.15) is 4.52 Å². The highest BCUT2D eigenvalue weighted by Crippen LogP contribution is 2.37. The standard InChI is InChI=1S/C21H20F3N5O2/c1-10(12-6-5-7-13(18(12)22)19(23)24)25-20-14-8-16(30-3)17(31-4)9-15(14)21-27-26-11(2)29(21)28-20/h5-10,19H,1-4H3,(H,25,28). The van der Waals surface area contributed by atoms with Crippen molar-refractivity contribution in [2.45, 2.75) is 26.3 Å². The summed E-state index contributed by atoms with van der Waals surface area (Å²) >= 11 is 0. The number of benzene rings is 2. The summed E-state index contributed by atoms with van der Waals surface area (Å²) in [5, 5.41) is 17.3. The van der Waals surface area contributed by atoms with Gasteiger partial charge < -0.3 is 14.8 Å². The lowest BCUT2D eigenvalue weighted by Crippen LogP contribution is -2.13. The fraction of sp³-hybridized carbons (Fsp3) is 0.286. The molecule has 0 aliphatic heterocycles. The van der Waals surface area contributed by atoms with Gasteiger partial charge in [-0.15, -0.1) is 15.3 Å². The summed E-state index contributed by atoms with van der Waals surface area (Å²) < 4.78 is 53.3. The molecule has 1 N–H and O–H groups in total. The average Bonchev–Trinajstić information content (AvgIpc) is 3.13. The van der Waals surface area contributed by atoms with Crippen LogP contribution in [0.15, 0.2) is 30.3 Å². The highest BCUT2D eigenvalue weighted by molar-refractivity contribution is 6.02. The quantitative estimate of drug-likeness (QED) is 0.470.